The van der Waals surface area contributed by atoms with Crippen LogP contribution in [0.1, 0.15) is 31.9 Å². The molecule has 0 aliphatic carbocycles. The first kappa shape index (κ1) is 13.8. The predicted molar refractivity (Wildman–Crippen MR) is 77.7 cm³/mol. The van der Waals surface area contributed by atoms with Crippen LogP contribution in [0.25, 0.3) is 11.0 Å². The molecule has 2 heterocycles. The van der Waals surface area contributed by atoms with E-state index < -0.39 is 0 Å². The summed E-state index contributed by atoms with van der Waals surface area (Å²) in [6, 6.07) is 7.58. The van der Waals surface area contributed by atoms with Crippen molar-refractivity contribution < 1.29 is 14.1 Å². The Hall–Kier alpha value is -2.17. The maximum absolute atomic E-state index is 12.5. The first-order valence-corrected chi connectivity index (χ1v) is 7.27. The van der Waals surface area contributed by atoms with Crippen LogP contribution >= 0.6 is 0 Å². The molecule has 0 saturated carbocycles. The number of ketones is 1. The summed E-state index contributed by atoms with van der Waals surface area (Å²) < 4.78 is 5.23. The lowest BCUT2D eigenvalue weighted by atomic mass is 10.1. The van der Waals surface area contributed by atoms with Gasteiger partial charge >= 0.3 is 0 Å². The average molecular weight is 286 g/mol. The molecule has 21 heavy (non-hydrogen) atoms. The van der Waals surface area contributed by atoms with Crippen LogP contribution < -0.4 is 0 Å². The Labute approximate surface area is 122 Å². The zero-order valence-corrected chi connectivity index (χ0v) is 12.0. The molecule has 0 radical (unpaired) electrons. The first-order valence-electron chi connectivity index (χ1n) is 7.27. The van der Waals surface area contributed by atoms with Crippen molar-refractivity contribution >= 4 is 22.7 Å². The van der Waals surface area contributed by atoms with Crippen LogP contribution in [-0.4, -0.2) is 34.3 Å². The molecular formula is C16H18N2O3. The monoisotopic (exact) mass is 286 g/mol. The normalized spacial score (nSPS) is 18.3. The van der Waals surface area contributed by atoms with E-state index in [9.17, 15) is 9.59 Å². The second-order valence-corrected chi connectivity index (χ2v) is 5.59. The number of nitrogens with zero attached hydrogens (tertiary/aromatic N) is 2. The summed E-state index contributed by atoms with van der Waals surface area (Å²) in [5.41, 5.74) is 1.37. The van der Waals surface area contributed by atoms with Crippen molar-refractivity contribution in [2.45, 2.75) is 38.6 Å². The standard InChI is InChI=1S/C16H18N2O3/c1-11(19)9-12-5-4-8-18(12)16(20)10-14-13-6-2-3-7-15(13)21-17-14/h2-3,6-7,12H,4-5,8-10H2,1H3. The lowest BCUT2D eigenvalue weighted by Crippen LogP contribution is -2.37. The van der Waals surface area contributed by atoms with Gasteiger partial charge in [-0.25, -0.2) is 0 Å². The maximum atomic E-state index is 12.5. The number of hydrogen-bond donors (Lipinski definition) is 0. The van der Waals surface area contributed by atoms with Crippen LogP contribution in [0.2, 0.25) is 0 Å². The van der Waals surface area contributed by atoms with E-state index in [4.69, 9.17) is 4.52 Å². The SMILES string of the molecule is CC(=O)CC1CCCN1C(=O)Cc1noc2ccccc12. The van der Waals surface area contributed by atoms with Gasteiger partial charge in [-0.1, -0.05) is 17.3 Å². The van der Waals surface area contributed by atoms with Crippen LogP contribution in [0, 0.1) is 0 Å². The fraction of sp³-hybridized carbons (Fsp3) is 0.438. The summed E-state index contributed by atoms with van der Waals surface area (Å²) in [5, 5.41) is 4.89. The van der Waals surface area contributed by atoms with Gasteiger partial charge in [-0.05, 0) is 31.9 Å². The maximum Gasteiger partial charge on any atom is 0.229 e. The zero-order valence-electron chi connectivity index (χ0n) is 12.0. The molecule has 0 N–H and O–H groups in total. The largest absolute Gasteiger partial charge is 0.356 e. The number of benzene rings is 1. The van der Waals surface area contributed by atoms with Crippen LogP contribution in [-0.2, 0) is 16.0 Å². The molecule has 5 heteroatoms. The number of likely N-dealkylation sites (tertiary alicyclic amines) is 1. The van der Waals surface area contributed by atoms with E-state index in [1.807, 2.05) is 29.2 Å². The van der Waals surface area contributed by atoms with Crippen molar-refractivity contribution in [1.82, 2.24) is 10.1 Å². The summed E-state index contributed by atoms with van der Waals surface area (Å²) in [7, 11) is 0. The Morgan fingerprint density at radius 3 is 3.00 bits per heavy atom. The Bertz CT molecular complexity index is 677. The molecule has 1 aromatic heterocycles. The molecule has 1 aromatic carbocycles. The van der Waals surface area contributed by atoms with Crippen LogP contribution in [0.4, 0.5) is 0 Å². The summed E-state index contributed by atoms with van der Waals surface area (Å²) in [5.74, 6) is 0.157. The predicted octanol–water partition coefficient (Wildman–Crippen LogP) is 2.34. The molecular weight excluding hydrogens is 268 g/mol. The number of fused-ring (bicyclic) bond motifs is 1. The van der Waals surface area contributed by atoms with Gasteiger partial charge in [0.25, 0.3) is 0 Å². The van der Waals surface area contributed by atoms with E-state index in [1.54, 1.807) is 6.92 Å². The van der Waals surface area contributed by atoms with Crippen molar-refractivity contribution in [3.05, 3.63) is 30.0 Å². The molecule has 1 aliphatic heterocycles. The number of para-hydroxylation sites is 1. The van der Waals surface area contributed by atoms with Crippen LogP contribution in [0.5, 0.6) is 0 Å². The van der Waals surface area contributed by atoms with Crippen LogP contribution in [0.15, 0.2) is 28.8 Å². The highest BCUT2D eigenvalue weighted by Crippen LogP contribution is 2.23. The fourth-order valence-electron chi connectivity index (χ4n) is 3.02. The highest BCUT2D eigenvalue weighted by molar-refractivity contribution is 5.87. The van der Waals surface area contributed by atoms with Crippen molar-refractivity contribution in [3.63, 3.8) is 0 Å². The van der Waals surface area contributed by atoms with E-state index in [2.05, 4.69) is 5.16 Å². The topological polar surface area (TPSA) is 63.4 Å². The van der Waals surface area contributed by atoms with Gasteiger partial charge in [0.2, 0.25) is 5.91 Å². The molecule has 1 unspecified atom stereocenters. The number of hydrogen-bond acceptors (Lipinski definition) is 4. The third-order valence-corrected chi connectivity index (χ3v) is 3.99. The van der Waals surface area contributed by atoms with Crippen molar-refractivity contribution in [3.8, 4) is 0 Å². The number of rotatable bonds is 4. The number of Topliss-reactive ketones (excluding diaryl/α,β-unsaturated/α-hetero) is 1. The highest BCUT2D eigenvalue weighted by Gasteiger charge is 2.30. The molecule has 1 atom stereocenters. The number of carbonyl (C=O) groups is 2. The van der Waals surface area contributed by atoms with Gasteiger partial charge in [0.1, 0.15) is 11.5 Å². The lowest BCUT2D eigenvalue weighted by Gasteiger charge is -2.23. The minimum absolute atomic E-state index is 0.0257. The zero-order chi connectivity index (χ0) is 14.8. The van der Waals surface area contributed by atoms with E-state index >= 15 is 0 Å². The van der Waals surface area contributed by atoms with Crippen molar-refractivity contribution in [1.29, 1.82) is 0 Å². The second kappa shape index (κ2) is 5.68. The molecule has 1 saturated heterocycles. The quantitative estimate of drug-likeness (QED) is 0.865. The summed E-state index contributed by atoms with van der Waals surface area (Å²) in [4.78, 5) is 25.6. The molecule has 5 nitrogen and oxygen atoms in total. The Morgan fingerprint density at radius 1 is 1.38 bits per heavy atom. The smallest absolute Gasteiger partial charge is 0.229 e. The third kappa shape index (κ3) is 2.82. The minimum atomic E-state index is 0.0257. The Balaban J connectivity index is 1.75. The van der Waals surface area contributed by atoms with Gasteiger partial charge in [0.05, 0.1) is 6.42 Å². The summed E-state index contributed by atoms with van der Waals surface area (Å²) in [6.07, 6.45) is 2.55. The van der Waals surface area contributed by atoms with E-state index in [1.165, 1.54) is 0 Å². The van der Waals surface area contributed by atoms with Gasteiger partial charge in [-0.15, -0.1) is 0 Å². The molecule has 1 aliphatic rings. The fourth-order valence-corrected chi connectivity index (χ4v) is 3.02. The van der Waals surface area contributed by atoms with Crippen LogP contribution in [0.3, 0.4) is 0 Å². The lowest BCUT2D eigenvalue weighted by molar-refractivity contribution is -0.132. The van der Waals surface area contributed by atoms with E-state index in [0.29, 0.717) is 17.7 Å². The Morgan fingerprint density at radius 2 is 2.19 bits per heavy atom. The molecule has 3 rings (SSSR count). The van der Waals surface area contributed by atoms with E-state index in [0.717, 1.165) is 24.8 Å². The van der Waals surface area contributed by atoms with Crippen molar-refractivity contribution in [2.24, 2.45) is 0 Å². The molecule has 2 aromatic rings. The Kier molecular flexibility index (Phi) is 3.73. The number of amides is 1. The van der Waals surface area contributed by atoms with Gasteiger partial charge in [-0.3, -0.25) is 9.59 Å². The van der Waals surface area contributed by atoms with Gasteiger partial charge in [-0.2, -0.15) is 0 Å². The van der Waals surface area contributed by atoms with Gasteiger partial charge < -0.3 is 9.42 Å². The molecule has 0 spiro atoms. The van der Waals surface area contributed by atoms with E-state index in [-0.39, 0.29) is 24.2 Å². The molecule has 110 valence electrons. The first-order chi connectivity index (χ1) is 10.1. The molecule has 1 fully saturated rings. The van der Waals surface area contributed by atoms with Gasteiger partial charge in [0.15, 0.2) is 5.58 Å². The molecule has 1 amide bonds. The van der Waals surface area contributed by atoms with Crippen molar-refractivity contribution in [2.75, 3.05) is 6.54 Å². The second-order valence-electron chi connectivity index (χ2n) is 5.59. The average Bonchev–Trinajstić information content (AvgIpc) is 3.06. The molecule has 0 bridgehead atoms. The number of carbonyl (C=O) groups excluding carboxylic acids is 2. The minimum Gasteiger partial charge on any atom is -0.356 e. The summed E-state index contributed by atoms with van der Waals surface area (Å²) >= 11 is 0. The van der Waals surface area contributed by atoms with Gasteiger partial charge in [0, 0.05) is 24.4 Å². The third-order valence-electron chi connectivity index (χ3n) is 3.99. The summed E-state index contributed by atoms with van der Waals surface area (Å²) in [6.45, 7) is 2.30. The highest BCUT2D eigenvalue weighted by atomic mass is 16.5. The number of aromatic nitrogens is 1.